The summed E-state index contributed by atoms with van der Waals surface area (Å²) in [6, 6.07) is 11.3. The number of fused-ring (bicyclic) bond motifs is 1. The molecule has 1 aliphatic rings. The van der Waals surface area contributed by atoms with Crippen molar-refractivity contribution in [1.82, 2.24) is 10.2 Å². The van der Waals surface area contributed by atoms with Gasteiger partial charge in [-0.15, -0.1) is 0 Å². The summed E-state index contributed by atoms with van der Waals surface area (Å²) in [6.07, 6.45) is 0.985. The number of carbonyl (C=O) groups excluding carboxylic acids is 2. The maximum absolute atomic E-state index is 12.7. The van der Waals surface area contributed by atoms with Crippen molar-refractivity contribution in [3.05, 3.63) is 29.8 Å². The zero-order chi connectivity index (χ0) is 18.2. The standard InChI is InChI=1S/C18H21N5O2/c1-21-18(25)16-12-14-6-2-3-7-15(14)23(16)13-17(24)22(10-4-8-19)11-5-9-20/h2-3,6-7,16H,4-5,10-13H2,1H3,(H,21,25)/t16-/m1/s1. The number of anilines is 1. The molecule has 25 heavy (non-hydrogen) atoms. The van der Waals surface area contributed by atoms with E-state index in [1.807, 2.05) is 41.3 Å². The van der Waals surface area contributed by atoms with Crippen molar-refractivity contribution in [2.45, 2.75) is 25.3 Å². The molecular weight excluding hydrogens is 318 g/mol. The second-order valence-corrected chi connectivity index (χ2v) is 5.79. The molecule has 1 aromatic rings. The zero-order valence-corrected chi connectivity index (χ0v) is 14.2. The number of nitrogens with one attached hydrogen (secondary N) is 1. The van der Waals surface area contributed by atoms with Crippen LogP contribution < -0.4 is 10.2 Å². The summed E-state index contributed by atoms with van der Waals surface area (Å²) in [7, 11) is 1.58. The molecule has 0 bridgehead atoms. The molecule has 1 aromatic carbocycles. The van der Waals surface area contributed by atoms with Gasteiger partial charge in [0, 0.05) is 32.2 Å². The molecule has 0 spiro atoms. The fourth-order valence-corrected chi connectivity index (χ4v) is 3.02. The Hall–Kier alpha value is -3.06. The minimum absolute atomic E-state index is 0.0476. The Morgan fingerprint density at radius 3 is 2.48 bits per heavy atom. The number of para-hydroxylation sites is 1. The van der Waals surface area contributed by atoms with Crippen molar-refractivity contribution in [3.63, 3.8) is 0 Å². The van der Waals surface area contributed by atoms with Crippen LogP contribution in [0.5, 0.6) is 0 Å². The maximum Gasteiger partial charge on any atom is 0.242 e. The summed E-state index contributed by atoms with van der Waals surface area (Å²) in [5, 5.41) is 20.2. The minimum atomic E-state index is -0.430. The van der Waals surface area contributed by atoms with Gasteiger partial charge in [0.2, 0.25) is 11.8 Å². The number of benzene rings is 1. The average molecular weight is 339 g/mol. The van der Waals surface area contributed by atoms with Gasteiger partial charge < -0.3 is 15.1 Å². The van der Waals surface area contributed by atoms with Gasteiger partial charge in [-0.05, 0) is 11.6 Å². The molecule has 2 amide bonds. The maximum atomic E-state index is 12.7. The Labute approximate surface area is 147 Å². The van der Waals surface area contributed by atoms with Gasteiger partial charge in [-0.25, -0.2) is 0 Å². The average Bonchev–Trinajstić information content (AvgIpc) is 2.99. The van der Waals surface area contributed by atoms with Crippen LogP contribution in [0.15, 0.2) is 24.3 Å². The molecule has 7 heteroatoms. The Balaban J connectivity index is 2.18. The predicted octanol–water partition coefficient (Wildman–Crippen LogP) is 0.820. The van der Waals surface area contributed by atoms with Crippen molar-refractivity contribution >= 4 is 17.5 Å². The van der Waals surface area contributed by atoms with Crippen LogP contribution >= 0.6 is 0 Å². The van der Waals surface area contributed by atoms with Gasteiger partial charge >= 0.3 is 0 Å². The van der Waals surface area contributed by atoms with Crippen molar-refractivity contribution < 1.29 is 9.59 Å². The monoisotopic (exact) mass is 339 g/mol. The molecule has 0 aliphatic carbocycles. The second kappa shape index (κ2) is 8.70. The largest absolute Gasteiger partial charge is 0.357 e. The fourth-order valence-electron chi connectivity index (χ4n) is 3.02. The molecule has 1 aliphatic heterocycles. The highest BCUT2D eigenvalue weighted by Gasteiger charge is 2.35. The lowest BCUT2D eigenvalue weighted by Gasteiger charge is -2.29. The number of hydrogen-bond donors (Lipinski definition) is 1. The Morgan fingerprint density at radius 2 is 1.88 bits per heavy atom. The summed E-state index contributed by atoms with van der Waals surface area (Å²) < 4.78 is 0. The van der Waals surface area contributed by atoms with Crippen LogP contribution in [0.3, 0.4) is 0 Å². The molecule has 1 N–H and O–H groups in total. The fraction of sp³-hybridized carbons (Fsp3) is 0.444. The van der Waals surface area contributed by atoms with E-state index in [4.69, 9.17) is 10.5 Å². The number of likely N-dealkylation sites (N-methyl/N-ethyl adjacent to an activating group) is 1. The van der Waals surface area contributed by atoms with Crippen molar-refractivity contribution in [1.29, 1.82) is 10.5 Å². The van der Waals surface area contributed by atoms with E-state index < -0.39 is 6.04 Å². The molecular formula is C18H21N5O2. The Morgan fingerprint density at radius 1 is 1.24 bits per heavy atom. The van der Waals surface area contributed by atoms with E-state index in [0.29, 0.717) is 6.42 Å². The van der Waals surface area contributed by atoms with Gasteiger partial charge in [0.1, 0.15) is 6.04 Å². The number of amides is 2. The molecule has 1 heterocycles. The van der Waals surface area contributed by atoms with E-state index in [2.05, 4.69) is 5.32 Å². The highest BCUT2D eigenvalue weighted by molar-refractivity contribution is 5.91. The predicted molar refractivity (Wildman–Crippen MR) is 92.4 cm³/mol. The molecule has 0 fully saturated rings. The first-order valence-corrected chi connectivity index (χ1v) is 8.20. The van der Waals surface area contributed by atoms with Crippen LogP contribution in [0.4, 0.5) is 5.69 Å². The van der Waals surface area contributed by atoms with E-state index in [1.54, 1.807) is 7.05 Å². The van der Waals surface area contributed by atoms with Crippen LogP contribution in [0, 0.1) is 22.7 Å². The lowest BCUT2D eigenvalue weighted by Crippen LogP contribution is -2.49. The summed E-state index contributed by atoms with van der Waals surface area (Å²) in [4.78, 5) is 28.3. The van der Waals surface area contributed by atoms with Gasteiger partial charge in [0.15, 0.2) is 0 Å². The molecule has 0 radical (unpaired) electrons. The molecule has 7 nitrogen and oxygen atoms in total. The lowest BCUT2D eigenvalue weighted by molar-refractivity contribution is -0.129. The molecule has 1 atom stereocenters. The topological polar surface area (TPSA) is 100 Å². The summed E-state index contributed by atoms with van der Waals surface area (Å²) in [5.74, 6) is -0.319. The number of nitrogens with zero attached hydrogens (tertiary/aromatic N) is 4. The molecule has 130 valence electrons. The van der Waals surface area contributed by atoms with Gasteiger partial charge in [0.25, 0.3) is 0 Å². The Bertz CT molecular complexity index is 701. The third-order valence-electron chi connectivity index (χ3n) is 4.28. The third-order valence-corrected chi connectivity index (χ3v) is 4.28. The summed E-state index contributed by atoms with van der Waals surface area (Å²) >= 11 is 0. The summed E-state index contributed by atoms with van der Waals surface area (Å²) in [5.41, 5.74) is 1.91. The quantitative estimate of drug-likeness (QED) is 0.793. The van der Waals surface area contributed by atoms with Gasteiger partial charge in [-0.2, -0.15) is 10.5 Å². The highest BCUT2D eigenvalue weighted by atomic mass is 16.2. The van der Waals surface area contributed by atoms with Crippen LogP contribution in [-0.2, 0) is 16.0 Å². The normalized spacial score (nSPS) is 15.0. The molecule has 0 saturated heterocycles. The number of carbonyl (C=O) groups is 2. The van der Waals surface area contributed by atoms with Gasteiger partial charge in [0.05, 0.1) is 31.5 Å². The van der Waals surface area contributed by atoms with Crippen molar-refractivity contribution in [3.8, 4) is 12.1 Å². The van der Waals surface area contributed by atoms with E-state index in [9.17, 15) is 9.59 Å². The smallest absolute Gasteiger partial charge is 0.242 e. The lowest BCUT2D eigenvalue weighted by atomic mass is 10.1. The SMILES string of the molecule is CNC(=O)[C@H]1Cc2ccccc2N1CC(=O)N(CCC#N)CCC#N. The first kappa shape index (κ1) is 18.3. The zero-order valence-electron chi connectivity index (χ0n) is 14.2. The van der Waals surface area contributed by atoms with E-state index in [1.165, 1.54) is 4.90 Å². The molecule has 0 aromatic heterocycles. The number of nitriles is 2. The first-order chi connectivity index (χ1) is 12.1. The van der Waals surface area contributed by atoms with Crippen molar-refractivity contribution in [2.24, 2.45) is 0 Å². The number of hydrogen-bond acceptors (Lipinski definition) is 5. The number of rotatable bonds is 7. The Kier molecular flexibility index (Phi) is 6.36. The van der Waals surface area contributed by atoms with Crippen molar-refractivity contribution in [2.75, 3.05) is 31.6 Å². The second-order valence-electron chi connectivity index (χ2n) is 5.79. The van der Waals surface area contributed by atoms with Crippen LogP contribution in [0.1, 0.15) is 18.4 Å². The van der Waals surface area contributed by atoms with E-state index in [-0.39, 0.29) is 44.3 Å². The molecule has 0 saturated carbocycles. The van der Waals surface area contributed by atoms with Crippen LogP contribution in [0.2, 0.25) is 0 Å². The third kappa shape index (κ3) is 4.27. The van der Waals surface area contributed by atoms with Crippen LogP contribution in [-0.4, -0.2) is 49.4 Å². The highest BCUT2D eigenvalue weighted by Crippen LogP contribution is 2.31. The molecule has 0 unspecified atom stereocenters. The van der Waals surface area contributed by atoms with E-state index in [0.717, 1.165) is 11.3 Å². The van der Waals surface area contributed by atoms with E-state index >= 15 is 0 Å². The minimum Gasteiger partial charge on any atom is -0.357 e. The molecule has 2 rings (SSSR count). The summed E-state index contributed by atoms with van der Waals surface area (Å²) in [6.45, 7) is 0.625. The van der Waals surface area contributed by atoms with Gasteiger partial charge in [-0.3, -0.25) is 9.59 Å². The van der Waals surface area contributed by atoms with Gasteiger partial charge in [-0.1, -0.05) is 18.2 Å². The van der Waals surface area contributed by atoms with Crippen LogP contribution in [0.25, 0.3) is 0 Å². The first-order valence-electron chi connectivity index (χ1n) is 8.20.